The number of esters is 1. The summed E-state index contributed by atoms with van der Waals surface area (Å²) in [5, 5.41) is 7.89. The lowest BCUT2D eigenvalue weighted by Gasteiger charge is -2.47. The molecular weight excluding hydrogens is 621 g/mol. The Morgan fingerprint density at radius 1 is 1.09 bits per heavy atom. The van der Waals surface area contributed by atoms with Crippen LogP contribution in [-0.4, -0.2) is 50.6 Å². The van der Waals surface area contributed by atoms with Gasteiger partial charge in [-0.25, -0.2) is 40.0 Å². The third-order valence-corrected chi connectivity index (χ3v) is 10.9. The van der Waals surface area contributed by atoms with Crippen molar-refractivity contribution in [1.29, 1.82) is 0 Å². The number of carbonyl (C=O) groups excluding carboxylic acids is 1. The number of fused-ring (bicyclic) bond motifs is 5. The maximum atomic E-state index is 14.6. The highest BCUT2D eigenvalue weighted by Crippen LogP contribution is 2.47. The number of nitrogens with one attached hydrogen (secondary N) is 1. The summed E-state index contributed by atoms with van der Waals surface area (Å²) in [6.07, 6.45) is 2.82. The molecule has 0 saturated heterocycles. The molecule has 2 bridgehead atoms. The lowest BCUT2D eigenvalue weighted by Crippen LogP contribution is -2.52. The van der Waals surface area contributed by atoms with Crippen LogP contribution in [0.2, 0.25) is 0 Å². The SMILES string of the molecule is CCOC(=O)[C@H]1[C@H]2CC[C@H](CC2)[C@@H]1Nc1nc(-c2cn(S(=O)(=O)c3ccc(C)cc3)c3ncc(F)cc23)nn2c(C(F)F)ccc12. The van der Waals surface area contributed by atoms with Crippen LogP contribution >= 0.6 is 0 Å². The second-order valence-electron chi connectivity index (χ2n) is 11.9. The molecular formula is C32H31F3N6O4S. The average molecular weight is 653 g/mol. The van der Waals surface area contributed by atoms with Crippen molar-refractivity contribution >= 4 is 38.4 Å². The highest BCUT2D eigenvalue weighted by Gasteiger charge is 2.48. The van der Waals surface area contributed by atoms with Crippen LogP contribution in [0.5, 0.6) is 0 Å². The lowest BCUT2D eigenvalue weighted by atomic mass is 9.61. The van der Waals surface area contributed by atoms with Gasteiger partial charge in [-0.05, 0) is 81.7 Å². The molecule has 4 heterocycles. The van der Waals surface area contributed by atoms with Gasteiger partial charge in [-0.15, -0.1) is 5.10 Å². The molecule has 8 rings (SSSR count). The molecule has 0 unspecified atom stereocenters. The number of carbonyl (C=O) groups is 1. The lowest BCUT2D eigenvalue weighted by molar-refractivity contribution is -0.154. The number of hydrogen-bond donors (Lipinski definition) is 1. The van der Waals surface area contributed by atoms with Gasteiger partial charge in [0.05, 0.1) is 23.6 Å². The van der Waals surface area contributed by atoms with E-state index in [0.717, 1.165) is 52.0 Å². The van der Waals surface area contributed by atoms with Crippen LogP contribution in [0.1, 0.15) is 50.3 Å². The van der Waals surface area contributed by atoms with Gasteiger partial charge in [-0.1, -0.05) is 17.7 Å². The van der Waals surface area contributed by atoms with Crippen molar-refractivity contribution in [2.24, 2.45) is 17.8 Å². The molecule has 46 heavy (non-hydrogen) atoms. The normalized spacial score (nSPS) is 21.3. The minimum atomic E-state index is -4.21. The van der Waals surface area contributed by atoms with Gasteiger partial charge in [0, 0.05) is 23.2 Å². The van der Waals surface area contributed by atoms with Crippen molar-refractivity contribution in [3.63, 3.8) is 0 Å². The Hall–Kier alpha value is -4.46. The summed E-state index contributed by atoms with van der Waals surface area (Å²) in [6.45, 7) is 3.81. The summed E-state index contributed by atoms with van der Waals surface area (Å²) in [7, 11) is -4.21. The largest absolute Gasteiger partial charge is 0.466 e. The maximum absolute atomic E-state index is 14.6. The maximum Gasteiger partial charge on any atom is 0.311 e. The first kappa shape index (κ1) is 30.2. The van der Waals surface area contributed by atoms with Crippen molar-refractivity contribution in [2.45, 2.75) is 56.9 Å². The zero-order chi connectivity index (χ0) is 32.3. The zero-order valence-electron chi connectivity index (χ0n) is 25.0. The Labute approximate surface area is 262 Å². The first-order valence-corrected chi connectivity index (χ1v) is 16.6. The fourth-order valence-electron chi connectivity index (χ4n) is 7.03. The van der Waals surface area contributed by atoms with Crippen LogP contribution in [-0.2, 0) is 19.6 Å². The van der Waals surface area contributed by atoms with Gasteiger partial charge < -0.3 is 10.1 Å². The molecule has 4 aromatic heterocycles. The van der Waals surface area contributed by atoms with Crippen molar-refractivity contribution < 1.29 is 31.1 Å². The van der Waals surface area contributed by atoms with Gasteiger partial charge in [0.1, 0.15) is 17.0 Å². The molecule has 240 valence electrons. The van der Waals surface area contributed by atoms with E-state index in [9.17, 15) is 26.4 Å². The van der Waals surface area contributed by atoms with E-state index in [0.29, 0.717) is 0 Å². The van der Waals surface area contributed by atoms with Crippen molar-refractivity contribution in [3.8, 4) is 11.4 Å². The van der Waals surface area contributed by atoms with Gasteiger partial charge >= 0.3 is 5.97 Å². The monoisotopic (exact) mass is 652 g/mol. The minimum absolute atomic E-state index is 0.0193. The number of rotatable bonds is 8. The fraction of sp³-hybridized carbons (Fsp3) is 0.375. The third kappa shape index (κ3) is 4.99. The molecule has 0 aliphatic heterocycles. The predicted octanol–water partition coefficient (Wildman–Crippen LogP) is 6.15. The molecule has 3 aliphatic carbocycles. The first-order valence-electron chi connectivity index (χ1n) is 15.2. The Balaban J connectivity index is 1.41. The second-order valence-corrected chi connectivity index (χ2v) is 13.8. The Morgan fingerprint density at radius 2 is 1.80 bits per heavy atom. The van der Waals surface area contributed by atoms with Crippen molar-refractivity contribution in [2.75, 3.05) is 11.9 Å². The molecule has 2 atom stereocenters. The Morgan fingerprint density at radius 3 is 2.50 bits per heavy atom. The van der Waals surface area contributed by atoms with E-state index in [1.165, 1.54) is 30.5 Å². The molecule has 14 heteroatoms. The second kappa shape index (κ2) is 11.4. The third-order valence-electron chi connectivity index (χ3n) is 9.24. The van der Waals surface area contributed by atoms with Crippen LogP contribution in [0.4, 0.5) is 19.0 Å². The van der Waals surface area contributed by atoms with E-state index < -0.39 is 33.9 Å². The summed E-state index contributed by atoms with van der Waals surface area (Å²) in [5.74, 6) is -1.19. The molecule has 0 amide bonds. The number of pyridine rings is 1. The number of aryl methyl sites for hydroxylation is 1. The smallest absolute Gasteiger partial charge is 0.311 e. The van der Waals surface area contributed by atoms with Gasteiger partial charge in [-0.2, -0.15) is 0 Å². The summed E-state index contributed by atoms with van der Waals surface area (Å²) in [6, 6.07) is 9.67. The topological polar surface area (TPSA) is 120 Å². The molecule has 10 nitrogen and oxygen atoms in total. The number of ether oxygens (including phenoxy) is 1. The summed E-state index contributed by atoms with van der Waals surface area (Å²) in [4.78, 5) is 21.9. The van der Waals surface area contributed by atoms with E-state index in [2.05, 4.69) is 15.4 Å². The molecule has 1 aromatic carbocycles. The van der Waals surface area contributed by atoms with E-state index in [1.54, 1.807) is 19.1 Å². The number of benzene rings is 1. The molecule has 3 fully saturated rings. The van der Waals surface area contributed by atoms with Crippen LogP contribution in [0.3, 0.4) is 0 Å². The number of aromatic nitrogens is 5. The van der Waals surface area contributed by atoms with E-state index in [1.807, 2.05) is 6.92 Å². The molecule has 5 aromatic rings. The highest BCUT2D eigenvalue weighted by atomic mass is 32.2. The standard InChI is InChI=1S/C32H31F3N6O4S/c1-3-45-32(42)26-18-6-8-19(9-7-18)27(26)37-30-25-13-12-24(28(34)35)41(25)39-29(38-30)23-16-40(31-22(23)14-20(33)15-36-31)46(43,44)21-10-4-17(2)5-11-21/h4-5,10-16,18-19,26-28H,3,6-9H2,1-2H3,(H,37,38,39)/t18-,19+,26-,27-/m0/s1. The molecule has 3 aliphatic rings. The Bertz CT molecular complexity index is 2070. The van der Waals surface area contributed by atoms with Gasteiger partial charge in [0.2, 0.25) is 0 Å². The quantitative estimate of drug-likeness (QED) is 0.198. The molecule has 0 spiro atoms. The van der Waals surface area contributed by atoms with Crippen LogP contribution in [0.25, 0.3) is 27.9 Å². The van der Waals surface area contributed by atoms with E-state index in [4.69, 9.17) is 9.72 Å². The minimum Gasteiger partial charge on any atom is -0.466 e. The molecule has 3 saturated carbocycles. The van der Waals surface area contributed by atoms with Crippen molar-refractivity contribution in [1.82, 2.24) is 23.6 Å². The van der Waals surface area contributed by atoms with Crippen LogP contribution in [0.15, 0.2) is 59.8 Å². The van der Waals surface area contributed by atoms with Gasteiger partial charge in [-0.3, -0.25) is 4.79 Å². The van der Waals surface area contributed by atoms with Crippen LogP contribution in [0, 0.1) is 30.5 Å². The number of alkyl halides is 2. The van der Waals surface area contributed by atoms with Gasteiger partial charge in [0.15, 0.2) is 17.3 Å². The van der Waals surface area contributed by atoms with E-state index >= 15 is 0 Å². The Kier molecular flexibility index (Phi) is 7.49. The average Bonchev–Trinajstić information content (AvgIpc) is 3.64. The number of halogens is 3. The number of nitrogens with zero attached hydrogens (tertiary/aromatic N) is 5. The van der Waals surface area contributed by atoms with Gasteiger partial charge in [0.25, 0.3) is 16.4 Å². The number of hydrogen-bond acceptors (Lipinski definition) is 8. The summed E-state index contributed by atoms with van der Waals surface area (Å²) >= 11 is 0. The fourth-order valence-corrected chi connectivity index (χ4v) is 8.36. The zero-order valence-corrected chi connectivity index (χ0v) is 25.8. The van der Waals surface area contributed by atoms with E-state index in [-0.39, 0.29) is 69.1 Å². The number of anilines is 1. The highest BCUT2D eigenvalue weighted by molar-refractivity contribution is 7.90. The first-order chi connectivity index (χ1) is 22.1. The summed E-state index contributed by atoms with van der Waals surface area (Å²) < 4.78 is 78.0. The van der Waals surface area contributed by atoms with Crippen molar-refractivity contribution in [3.05, 3.63) is 71.9 Å². The summed E-state index contributed by atoms with van der Waals surface area (Å²) in [5.41, 5.74) is 0.696. The van der Waals surface area contributed by atoms with Crippen LogP contribution < -0.4 is 5.32 Å². The molecule has 1 N–H and O–H groups in total. The predicted molar refractivity (Wildman–Crippen MR) is 163 cm³/mol. The molecule has 0 radical (unpaired) electrons.